The molecule has 1 saturated heterocycles. The van der Waals surface area contributed by atoms with Crippen molar-refractivity contribution in [2.24, 2.45) is 0 Å². The highest BCUT2D eigenvalue weighted by atomic mass is 16.5. The Morgan fingerprint density at radius 1 is 1.24 bits per heavy atom. The standard InChI is InChI=1S/C16H19N3O2/c17-13-6-7-14(12-5-4-8-18-16(12)13)21-11-15(20)19-9-2-1-3-10-19/h4-8H,1-3,9-11,17H2. The molecule has 5 nitrogen and oxygen atoms in total. The maximum Gasteiger partial charge on any atom is 0.260 e. The van der Waals surface area contributed by atoms with Crippen molar-refractivity contribution >= 4 is 22.5 Å². The van der Waals surface area contributed by atoms with Gasteiger partial charge in [0.05, 0.1) is 11.2 Å². The highest BCUT2D eigenvalue weighted by Crippen LogP contribution is 2.28. The lowest BCUT2D eigenvalue weighted by Gasteiger charge is -2.26. The normalized spacial score (nSPS) is 15.1. The van der Waals surface area contributed by atoms with Crippen LogP contribution in [-0.2, 0) is 4.79 Å². The van der Waals surface area contributed by atoms with E-state index in [1.165, 1.54) is 6.42 Å². The first-order valence-corrected chi connectivity index (χ1v) is 7.29. The smallest absolute Gasteiger partial charge is 0.260 e. The molecule has 0 atom stereocenters. The van der Waals surface area contributed by atoms with Gasteiger partial charge < -0.3 is 15.4 Å². The first-order valence-electron chi connectivity index (χ1n) is 7.29. The minimum Gasteiger partial charge on any atom is -0.483 e. The molecule has 0 bridgehead atoms. The number of carbonyl (C=O) groups excluding carboxylic acids is 1. The van der Waals surface area contributed by atoms with Crippen LogP contribution in [0.5, 0.6) is 5.75 Å². The molecule has 2 aromatic rings. The number of fused-ring (bicyclic) bond motifs is 1. The Morgan fingerprint density at radius 2 is 2.05 bits per heavy atom. The number of likely N-dealkylation sites (tertiary alicyclic amines) is 1. The number of carbonyl (C=O) groups is 1. The number of amides is 1. The number of anilines is 1. The lowest BCUT2D eigenvalue weighted by atomic mass is 10.1. The number of aromatic nitrogens is 1. The van der Waals surface area contributed by atoms with E-state index in [9.17, 15) is 4.79 Å². The van der Waals surface area contributed by atoms with Crippen LogP contribution < -0.4 is 10.5 Å². The highest BCUT2D eigenvalue weighted by molar-refractivity contribution is 5.94. The summed E-state index contributed by atoms with van der Waals surface area (Å²) < 4.78 is 5.70. The van der Waals surface area contributed by atoms with Crippen LogP contribution in [0.2, 0.25) is 0 Å². The predicted molar refractivity (Wildman–Crippen MR) is 82.1 cm³/mol. The van der Waals surface area contributed by atoms with E-state index in [1.54, 1.807) is 18.3 Å². The predicted octanol–water partition coefficient (Wildman–Crippen LogP) is 2.21. The fourth-order valence-corrected chi connectivity index (χ4v) is 2.67. The zero-order chi connectivity index (χ0) is 14.7. The van der Waals surface area contributed by atoms with Crippen molar-refractivity contribution < 1.29 is 9.53 Å². The molecule has 1 aromatic heterocycles. The summed E-state index contributed by atoms with van der Waals surface area (Å²) in [6, 6.07) is 7.29. The Hall–Kier alpha value is -2.30. The number of ether oxygens (including phenoxy) is 1. The summed E-state index contributed by atoms with van der Waals surface area (Å²) in [7, 11) is 0. The molecule has 21 heavy (non-hydrogen) atoms. The van der Waals surface area contributed by atoms with Crippen molar-refractivity contribution in [3.63, 3.8) is 0 Å². The first kappa shape index (κ1) is 13.7. The van der Waals surface area contributed by atoms with Gasteiger partial charge in [-0.2, -0.15) is 0 Å². The summed E-state index contributed by atoms with van der Waals surface area (Å²) in [6.45, 7) is 1.74. The summed E-state index contributed by atoms with van der Waals surface area (Å²) >= 11 is 0. The molecule has 1 amide bonds. The highest BCUT2D eigenvalue weighted by Gasteiger charge is 2.17. The number of rotatable bonds is 3. The zero-order valence-corrected chi connectivity index (χ0v) is 11.9. The molecule has 1 aliphatic heterocycles. The summed E-state index contributed by atoms with van der Waals surface area (Å²) in [6.07, 6.45) is 5.07. The van der Waals surface area contributed by atoms with Crippen LogP contribution in [-0.4, -0.2) is 35.5 Å². The molecule has 0 unspecified atom stereocenters. The fourth-order valence-electron chi connectivity index (χ4n) is 2.67. The summed E-state index contributed by atoms with van der Waals surface area (Å²) in [4.78, 5) is 18.3. The molecule has 0 aliphatic carbocycles. The lowest BCUT2D eigenvalue weighted by molar-refractivity contribution is -0.134. The van der Waals surface area contributed by atoms with Gasteiger partial charge in [-0.05, 0) is 43.5 Å². The molecule has 3 rings (SSSR count). The van der Waals surface area contributed by atoms with Gasteiger partial charge >= 0.3 is 0 Å². The molecule has 0 spiro atoms. The summed E-state index contributed by atoms with van der Waals surface area (Å²) in [5.74, 6) is 0.696. The lowest BCUT2D eigenvalue weighted by Crippen LogP contribution is -2.38. The maximum absolute atomic E-state index is 12.1. The Kier molecular flexibility index (Phi) is 3.90. The van der Waals surface area contributed by atoms with Crippen LogP contribution in [0.4, 0.5) is 5.69 Å². The Labute approximate surface area is 123 Å². The first-order chi connectivity index (χ1) is 10.3. The average Bonchev–Trinajstić information content (AvgIpc) is 2.55. The van der Waals surface area contributed by atoms with Gasteiger partial charge in [0.1, 0.15) is 5.75 Å². The molecule has 1 fully saturated rings. The van der Waals surface area contributed by atoms with E-state index >= 15 is 0 Å². The molecule has 110 valence electrons. The number of nitrogen functional groups attached to an aromatic ring is 1. The van der Waals surface area contributed by atoms with Crippen molar-refractivity contribution in [2.75, 3.05) is 25.4 Å². The molecular weight excluding hydrogens is 266 g/mol. The van der Waals surface area contributed by atoms with Gasteiger partial charge in [-0.15, -0.1) is 0 Å². The van der Waals surface area contributed by atoms with Gasteiger partial charge in [0, 0.05) is 24.7 Å². The second kappa shape index (κ2) is 5.99. The van der Waals surface area contributed by atoms with Crippen molar-refractivity contribution in [1.29, 1.82) is 0 Å². The van der Waals surface area contributed by atoms with Crippen LogP contribution in [0.3, 0.4) is 0 Å². The Bertz CT molecular complexity index is 651. The number of nitrogens with zero attached hydrogens (tertiary/aromatic N) is 2. The number of benzene rings is 1. The van der Waals surface area contributed by atoms with Crippen LogP contribution in [0.15, 0.2) is 30.5 Å². The molecule has 1 aliphatic rings. The second-order valence-electron chi connectivity index (χ2n) is 5.28. The fraction of sp³-hybridized carbons (Fsp3) is 0.375. The van der Waals surface area contributed by atoms with Gasteiger partial charge in [-0.3, -0.25) is 9.78 Å². The Balaban J connectivity index is 1.73. The van der Waals surface area contributed by atoms with Gasteiger partial charge in [-0.1, -0.05) is 0 Å². The third kappa shape index (κ3) is 2.91. The number of hydrogen-bond donors (Lipinski definition) is 1. The van der Waals surface area contributed by atoms with Gasteiger partial charge in [0.2, 0.25) is 0 Å². The zero-order valence-electron chi connectivity index (χ0n) is 11.9. The van der Waals surface area contributed by atoms with E-state index < -0.39 is 0 Å². The summed E-state index contributed by atoms with van der Waals surface area (Å²) in [5, 5.41) is 0.837. The SMILES string of the molecule is Nc1ccc(OCC(=O)N2CCCCC2)c2cccnc12. The minimum atomic E-state index is 0.0450. The topological polar surface area (TPSA) is 68.5 Å². The monoisotopic (exact) mass is 285 g/mol. The van der Waals surface area contributed by atoms with Gasteiger partial charge in [0.25, 0.3) is 5.91 Å². The number of nitrogens with two attached hydrogens (primary N) is 1. The molecule has 5 heteroatoms. The molecular formula is C16H19N3O2. The molecule has 1 aromatic carbocycles. The van der Waals surface area contributed by atoms with Crippen molar-refractivity contribution in [3.05, 3.63) is 30.5 Å². The number of hydrogen-bond acceptors (Lipinski definition) is 4. The maximum atomic E-state index is 12.1. The Morgan fingerprint density at radius 3 is 2.86 bits per heavy atom. The van der Waals surface area contributed by atoms with E-state index in [0.717, 1.165) is 31.3 Å². The van der Waals surface area contributed by atoms with E-state index in [-0.39, 0.29) is 12.5 Å². The molecule has 0 radical (unpaired) electrons. The van der Waals surface area contributed by atoms with E-state index in [4.69, 9.17) is 10.5 Å². The van der Waals surface area contributed by atoms with E-state index in [1.807, 2.05) is 17.0 Å². The second-order valence-corrected chi connectivity index (χ2v) is 5.28. The third-order valence-electron chi connectivity index (χ3n) is 3.82. The minimum absolute atomic E-state index is 0.0450. The number of piperidine rings is 1. The van der Waals surface area contributed by atoms with Crippen molar-refractivity contribution in [2.45, 2.75) is 19.3 Å². The van der Waals surface area contributed by atoms with Gasteiger partial charge in [-0.25, -0.2) is 0 Å². The van der Waals surface area contributed by atoms with E-state index in [0.29, 0.717) is 17.0 Å². The van der Waals surface area contributed by atoms with Crippen LogP contribution in [0, 0.1) is 0 Å². The molecule has 2 heterocycles. The summed E-state index contributed by atoms with van der Waals surface area (Å²) in [5.41, 5.74) is 7.22. The van der Waals surface area contributed by atoms with Crippen LogP contribution in [0.25, 0.3) is 10.9 Å². The number of pyridine rings is 1. The van der Waals surface area contributed by atoms with Crippen molar-refractivity contribution in [1.82, 2.24) is 9.88 Å². The van der Waals surface area contributed by atoms with E-state index in [2.05, 4.69) is 4.98 Å². The largest absolute Gasteiger partial charge is 0.483 e. The van der Waals surface area contributed by atoms with Gasteiger partial charge in [0.15, 0.2) is 6.61 Å². The van der Waals surface area contributed by atoms with Crippen molar-refractivity contribution in [3.8, 4) is 5.75 Å². The van der Waals surface area contributed by atoms with Crippen LogP contribution >= 0.6 is 0 Å². The molecule has 0 saturated carbocycles. The quantitative estimate of drug-likeness (QED) is 0.878. The molecule has 2 N–H and O–H groups in total. The van der Waals surface area contributed by atoms with Crippen LogP contribution in [0.1, 0.15) is 19.3 Å². The third-order valence-corrected chi connectivity index (χ3v) is 3.82. The average molecular weight is 285 g/mol.